The Kier molecular flexibility index (Phi) is 8.71. The van der Waals surface area contributed by atoms with E-state index in [4.69, 9.17) is 5.11 Å². The van der Waals surface area contributed by atoms with Gasteiger partial charge in [-0.15, -0.1) is 0 Å². The van der Waals surface area contributed by atoms with Crippen LogP contribution in [0.4, 0.5) is 0 Å². The zero-order valence-corrected chi connectivity index (χ0v) is 4.91. The van der Waals surface area contributed by atoms with E-state index in [-0.39, 0.29) is 23.2 Å². The van der Waals surface area contributed by atoms with E-state index in [0.29, 0.717) is 0 Å². The molecule has 2 nitrogen and oxygen atoms in total. The Morgan fingerprint density at radius 2 is 1.67 bits per heavy atom. The van der Waals surface area contributed by atoms with E-state index in [1.165, 1.54) is 0 Å². The molecular weight excluding hydrogens is 125 g/mol. The Labute approximate surface area is 48.1 Å². The topological polar surface area (TPSA) is 23.5 Å². The van der Waals surface area contributed by atoms with Gasteiger partial charge >= 0.3 is 0 Å². The number of hydrogen-bond donors (Lipinski definition) is 1. The van der Waals surface area contributed by atoms with Crippen LogP contribution in [-0.4, -0.2) is 30.8 Å². The molecule has 42 valence electrons. The van der Waals surface area contributed by atoms with Crippen LogP contribution in [0.25, 0.3) is 0 Å². The Hall–Kier alpha value is 0.414. The maximum atomic E-state index is 8.07. The maximum absolute atomic E-state index is 8.07. The Balaban J connectivity index is 0. The molecule has 0 aromatic rings. The Bertz CT molecular complexity index is 24.8. The molecule has 0 radical (unpaired) electrons. The van der Waals surface area contributed by atoms with Gasteiger partial charge in [-0.25, -0.2) is 0 Å². The van der Waals surface area contributed by atoms with Crippen molar-refractivity contribution in [2.45, 2.75) is 0 Å². The second-order valence-corrected chi connectivity index (χ2v) is 1.22. The van der Waals surface area contributed by atoms with Crippen LogP contribution >= 0.6 is 0 Å². The number of aliphatic hydroxyl groups excluding tert-OH is 1. The zero-order chi connectivity index (χ0) is 4.28. The van der Waals surface area contributed by atoms with Gasteiger partial charge in [-0.3, -0.25) is 4.90 Å². The number of nitrogens with zero attached hydrogens (tertiary/aromatic N) is 1. The molecule has 0 bridgehead atoms. The fourth-order valence-electron chi connectivity index (χ4n) is 0. The van der Waals surface area contributed by atoms with Crippen molar-refractivity contribution in [3.8, 4) is 0 Å². The molecule has 0 spiro atoms. The summed E-state index contributed by atoms with van der Waals surface area (Å²) in [4.78, 5) is 1.68. The van der Waals surface area contributed by atoms with Crippen molar-refractivity contribution in [1.82, 2.24) is 4.90 Å². The molecule has 0 aromatic heterocycles. The Morgan fingerprint density at radius 1 is 1.50 bits per heavy atom. The quantitative estimate of drug-likeness (QED) is 0.385. The summed E-state index contributed by atoms with van der Waals surface area (Å²) in [6.45, 7) is 0.139. The summed E-state index contributed by atoms with van der Waals surface area (Å²) >= 11 is 0. The minimum absolute atomic E-state index is 0. The SMILES string of the molecule is CN(C)CO.[Ni]. The van der Waals surface area contributed by atoms with Gasteiger partial charge in [0.2, 0.25) is 0 Å². The van der Waals surface area contributed by atoms with Crippen LogP contribution in [0.5, 0.6) is 0 Å². The number of hydrogen-bond acceptors (Lipinski definition) is 2. The van der Waals surface area contributed by atoms with E-state index < -0.39 is 0 Å². The minimum Gasteiger partial charge on any atom is -0.381 e. The molecule has 0 unspecified atom stereocenters. The molecule has 0 fully saturated rings. The van der Waals surface area contributed by atoms with E-state index in [9.17, 15) is 0 Å². The molecule has 0 amide bonds. The minimum atomic E-state index is 0. The number of rotatable bonds is 1. The van der Waals surface area contributed by atoms with E-state index >= 15 is 0 Å². The first-order valence-corrected chi connectivity index (χ1v) is 1.53. The third kappa shape index (κ3) is 8.83. The molecule has 1 N–H and O–H groups in total. The molecule has 0 aromatic carbocycles. The van der Waals surface area contributed by atoms with Gasteiger partial charge in [-0.05, 0) is 14.1 Å². The van der Waals surface area contributed by atoms with E-state index in [0.717, 1.165) is 0 Å². The third-order valence-electron chi connectivity index (χ3n) is 0.283. The molecule has 0 saturated carbocycles. The normalized spacial score (nSPS) is 8.00. The predicted molar refractivity (Wildman–Crippen MR) is 20.8 cm³/mol. The smallest absolute Gasteiger partial charge is 0.0951 e. The van der Waals surface area contributed by atoms with Gasteiger partial charge in [0.25, 0.3) is 0 Å². The molecule has 3 heteroatoms. The largest absolute Gasteiger partial charge is 0.381 e. The van der Waals surface area contributed by atoms with E-state index in [1.54, 1.807) is 19.0 Å². The van der Waals surface area contributed by atoms with Crippen LogP contribution in [0.1, 0.15) is 0 Å². The van der Waals surface area contributed by atoms with Gasteiger partial charge in [0.15, 0.2) is 0 Å². The van der Waals surface area contributed by atoms with Crippen molar-refractivity contribution in [2.24, 2.45) is 0 Å². The molecule has 0 atom stereocenters. The average molecular weight is 134 g/mol. The molecule has 0 aliphatic rings. The molecule has 0 aliphatic heterocycles. The first-order valence-electron chi connectivity index (χ1n) is 1.53. The van der Waals surface area contributed by atoms with Crippen molar-refractivity contribution in [2.75, 3.05) is 20.8 Å². The fourth-order valence-corrected chi connectivity index (χ4v) is 0. The molecule has 0 rings (SSSR count). The van der Waals surface area contributed by atoms with Crippen molar-refractivity contribution in [1.29, 1.82) is 0 Å². The van der Waals surface area contributed by atoms with Gasteiger partial charge in [0, 0.05) is 16.5 Å². The van der Waals surface area contributed by atoms with E-state index in [1.807, 2.05) is 0 Å². The standard InChI is InChI=1S/C3H9NO.Ni/c1-4(2)3-5;/h5H,3H2,1-2H3;. The first kappa shape index (κ1) is 9.65. The summed E-state index contributed by atoms with van der Waals surface area (Å²) < 4.78 is 0. The van der Waals surface area contributed by atoms with Crippen LogP contribution in [0.15, 0.2) is 0 Å². The van der Waals surface area contributed by atoms with Crippen LogP contribution in [-0.2, 0) is 16.5 Å². The van der Waals surface area contributed by atoms with Gasteiger partial charge in [-0.1, -0.05) is 0 Å². The summed E-state index contributed by atoms with van der Waals surface area (Å²) in [6.07, 6.45) is 0. The van der Waals surface area contributed by atoms with Crippen molar-refractivity contribution >= 4 is 0 Å². The first-order chi connectivity index (χ1) is 2.27. The van der Waals surface area contributed by atoms with Crippen LogP contribution in [0, 0.1) is 0 Å². The number of aliphatic hydroxyl groups is 1. The summed E-state index contributed by atoms with van der Waals surface area (Å²) in [5.41, 5.74) is 0. The Morgan fingerprint density at radius 3 is 1.67 bits per heavy atom. The van der Waals surface area contributed by atoms with E-state index in [2.05, 4.69) is 0 Å². The molecule has 6 heavy (non-hydrogen) atoms. The van der Waals surface area contributed by atoms with Crippen molar-refractivity contribution in [3.05, 3.63) is 0 Å². The van der Waals surface area contributed by atoms with Crippen molar-refractivity contribution in [3.63, 3.8) is 0 Å². The summed E-state index contributed by atoms with van der Waals surface area (Å²) in [7, 11) is 3.61. The molecule has 0 saturated heterocycles. The zero-order valence-electron chi connectivity index (χ0n) is 3.92. The van der Waals surface area contributed by atoms with Gasteiger partial charge in [0.05, 0.1) is 6.73 Å². The predicted octanol–water partition coefficient (Wildman–Crippen LogP) is -0.505. The van der Waals surface area contributed by atoms with Crippen LogP contribution < -0.4 is 0 Å². The molecule has 0 aliphatic carbocycles. The van der Waals surface area contributed by atoms with Gasteiger partial charge in [0.1, 0.15) is 0 Å². The summed E-state index contributed by atoms with van der Waals surface area (Å²) in [6, 6.07) is 0. The van der Waals surface area contributed by atoms with Crippen LogP contribution in [0.3, 0.4) is 0 Å². The molecular formula is C3H9NNiO. The average Bonchev–Trinajstić information content (AvgIpc) is 1.38. The summed E-state index contributed by atoms with van der Waals surface area (Å²) in [5, 5.41) is 8.07. The third-order valence-corrected chi connectivity index (χ3v) is 0.283. The molecule has 0 heterocycles. The fraction of sp³-hybridized carbons (Fsp3) is 1.00. The second kappa shape index (κ2) is 5.41. The van der Waals surface area contributed by atoms with Gasteiger partial charge in [-0.2, -0.15) is 0 Å². The maximum Gasteiger partial charge on any atom is 0.0951 e. The monoisotopic (exact) mass is 133 g/mol. The van der Waals surface area contributed by atoms with Crippen molar-refractivity contribution < 1.29 is 21.6 Å². The second-order valence-electron chi connectivity index (χ2n) is 1.22. The van der Waals surface area contributed by atoms with Gasteiger partial charge < -0.3 is 5.11 Å². The van der Waals surface area contributed by atoms with Crippen LogP contribution in [0.2, 0.25) is 0 Å². The summed E-state index contributed by atoms with van der Waals surface area (Å²) in [5.74, 6) is 0.